The van der Waals surface area contributed by atoms with Crippen LogP contribution in [-0.2, 0) is 28.7 Å². The second kappa shape index (κ2) is 17.2. The van der Waals surface area contributed by atoms with Gasteiger partial charge in [0, 0.05) is 25.7 Å². The van der Waals surface area contributed by atoms with Crippen molar-refractivity contribution in [3.63, 3.8) is 0 Å². The molecule has 0 aromatic heterocycles. The number of rotatable bonds is 19. The number of hydrogen-bond acceptors (Lipinski definition) is 6. The molecular formula is C28H48N2O6. The molecule has 206 valence electrons. The predicted molar refractivity (Wildman–Crippen MR) is 139 cm³/mol. The molecule has 1 N–H and O–H groups in total. The van der Waals surface area contributed by atoms with E-state index in [0.29, 0.717) is 6.42 Å². The van der Waals surface area contributed by atoms with Crippen LogP contribution < -0.4 is 5.32 Å². The van der Waals surface area contributed by atoms with Gasteiger partial charge in [-0.25, -0.2) is 4.79 Å². The number of Topliss-reactive ketones (excluding diaryl/α,β-unsaturated/α-hetero) is 1. The maximum atomic E-state index is 12.6. The van der Waals surface area contributed by atoms with Crippen molar-refractivity contribution < 1.29 is 28.7 Å². The van der Waals surface area contributed by atoms with Gasteiger partial charge < -0.3 is 10.1 Å². The van der Waals surface area contributed by atoms with Crippen molar-refractivity contribution in [3.8, 4) is 0 Å². The van der Waals surface area contributed by atoms with Crippen molar-refractivity contribution in [2.75, 3.05) is 6.54 Å². The number of unbranched alkanes of at least 4 members (excludes halogenated alkanes) is 10. The molecule has 1 atom stereocenters. The summed E-state index contributed by atoms with van der Waals surface area (Å²) in [6.45, 7) is 7.16. The molecule has 8 heteroatoms. The number of carbonyl (C=O) groups excluding carboxylic acids is 5. The van der Waals surface area contributed by atoms with Gasteiger partial charge in [-0.05, 0) is 33.6 Å². The minimum atomic E-state index is -0.946. The minimum absolute atomic E-state index is 0.0420. The van der Waals surface area contributed by atoms with E-state index in [1.165, 1.54) is 51.4 Å². The van der Waals surface area contributed by atoms with E-state index in [-0.39, 0.29) is 55.7 Å². The molecule has 1 saturated heterocycles. The van der Waals surface area contributed by atoms with Crippen LogP contribution >= 0.6 is 0 Å². The zero-order valence-corrected chi connectivity index (χ0v) is 23.0. The Morgan fingerprint density at radius 1 is 0.833 bits per heavy atom. The summed E-state index contributed by atoms with van der Waals surface area (Å²) in [5.41, 5.74) is -0.728. The highest BCUT2D eigenvalue weighted by molar-refractivity contribution is 6.04. The maximum Gasteiger partial charge on any atom is 0.329 e. The number of carbonyl (C=O) groups is 5. The van der Waals surface area contributed by atoms with Crippen molar-refractivity contribution in [2.24, 2.45) is 0 Å². The lowest BCUT2D eigenvalue weighted by molar-refractivity contribution is -0.159. The summed E-state index contributed by atoms with van der Waals surface area (Å²) >= 11 is 0. The number of nitrogens with one attached hydrogen (secondary N) is 1. The molecule has 0 aromatic carbocycles. The number of hydrogen-bond donors (Lipinski definition) is 1. The predicted octanol–water partition coefficient (Wildman–Crippen LogP) is 5.01. The molecule has 1 fully saturated rings. The normalized spacial score (nSPS) is 14.7. The monoisotopic (exact) mass is 508 g/mol. The molecule has 36 heavy (non-hydrogen) atoms. The molecule has 0 bridgehead atoms. The third-order valence-corrected chi connectivity index (χ3v) is 6.24. The van der Waals surface area contributed by atoms with Gasteiger partial charge >= 0.3 is 5.97 Å². The van der Waals surface area contributed by atoms with Crippen LogP contribution in [0.5, 0.6) is 0 Å². The lowest BCUT2D eigenvalue weighted by Gasteiger charge is -2.24. The first-order chi connectivity index (χ1) is 17.0. The van der Waals surface area contributed by atoms with Gasteiger partial charge in [0.1, 0.15) is 11.6 Å². The van der Waals surface area contributed by atoms with Gasteiger partial charge in [-0.15, -0.1) is 0 Å². The first-order valence-electron chi connectivity index (χ1n) is 13.9. The maximum absolute atomic E-state index is 12.6. The zero-order valence-electron chi connectivity index (χ0n) is 23.0. The topological polar surface area (TPSA) is 110 Å². The minimum Gasteiger partial charge on any atom is -0.458 e. The fourth-order valence-electron chi connectivity index (χ4n) is 4.20. The molecule has 1 aliphatic rings. The van der Waals surface area contributed by atoms with E-state index in [0.717, 1.165) is 24.2 Å². The van der Waals surface area contributed by atoms with E-state index < -0.39 is 17.6 Å². The van der Waals surface area contributed by atoms with Crippen LogP contribution in [0.15, 0.2) is 0 Å². The van der Waals surface area contributed by atoms with E-state index >= 15 is 0 Å². The first-order valence-corrected chi connectivity index (χ1v) is 13.9. The van der Waals surface area contributed by atoms with Crippen LogP contribution in [0.1, 0.15) is 130 Å². The third-order valence-electron chi connectivity index (χ3n) is 6.24. The average Bonchev–Trinajstić information content (AvgIpc) is 3.11. The molecule has 1 heterocycles. The number of esters is 1. The smallest absolute Gasteiger partial charge is 0.329 e. The van der Waals surface area contributed by atoms with E-state index in [2.05, 4.69) is 12.2 Å². The molecule has 1 aliphatic heterocycles. The summed E-state index contributed by atoms with van der Waals surface area (Å²) in [5.74, 6) is -1.85. The molecule has 3 amide bonds. The Bertz CT molecular complexity index is 712. The third kappa shape index (κ3) is 14.3. The molecule has 0 unspecified atom stereocenters. The zero-order chi connectivity index (χ0) is 27.0. The number of likely N-dealkylation sites (tertiary alicyclic amines) is 1. The van der Waals surface area contributed by atoms with Crippen molar-refractivity contribution >= 4 is 29.5 Å². The van der Waals surface area contributed by atoms with Crippen LogP contribution in [0, 0.1) is 0 Å². The second-order valence-corrected chi connectivity index (χ2v) is 10.9. The highest BCUT2D eigenvalue weighted by Crippen LogP contribution is 2.15. The summed E-state index contributed by atoms with van der Waals surface area (Å²) in [6, 6.07) is -0.946. The largest absolute Gasteiger partial charge is 0.458 e. The van der Waals surface area contributed by atoms with Crippen molar-refractivity contribution in [3.05, 3.63) is 0 Å². The van der Waals surface area contributed by atoms with Gasteiger partial charge in [0.15, 0.2) is 5.78 Å². The second-order valence-electron chi connectivity index (χ2n) is 10.9. The highest BCUT2D eigenvalue weighted by Gasteiger charge is 2.31. The van der Waals surface area contributed by atoms with E-state index in [1.54, 1.807) is 20.8 Å². The van der Waals surface area contributed by atoms with Gasteiger partial charge in [-0.2, -0.15) is 0 Å². The summed E-state index contributed by atoms with van der Waals surface area (Å²) in [7, 11) is 0. The van der Waals surface area contributed by atoms with Crippen LogP contribution in [0.2, 0.25) is 0 Å². The highest BCUT2D eigenvalue weighted by atomic mass is 16.6. The molecule has 0 spiro atoms. The Morgan fingerprint density at radius 3 is 1.83 bits per heavy atom. The summed E-state index contributed by atoms with van der Waals surface area (Å²) in [4.78, 5) is 61.9. The lowest BCUT2D eigenvalue weighted by atomic mass is 10.0. The van der Waals surface area contributed by atoms with Gasteiger partial charge in [-0.1, -0.05) is 71.1 Å². The SMILES string of the molecule is CCCCCCCCCCCCCC(=O)N[C@@H](CCC(=O)CN1C(=O)CCC1=O)C(=O)OC(C)(C)C. The number of ketones is 1. The Morgan fingerprint density at radius 2 is 1.33 bits per heavy atom. The summed E-state index contributed by atoms with van der Waals surface area (Å²) in [5, 5.41) is 2.73. The van der Waals surface area contributed by atoms with Crippen molar-refractivity contribution in [1.82, 2.24) is 10.2 Å². The Labute approximate surface area is 217 Å². The molecule has 0 aliphatic carbocycles. The average molecular weight is 509 g/mol. The van der Waals surface area contributed by atoms with Gasteiger partial charge in [0.05, 0.1) is 6.54 Å². The molecule has 0 radical (unpaired) electrons. The number of ether oxygens (including phenoxy) is 1. The Kier molecular flexibility index (Phi) is 15.2. The fraction of sp³-hybridized carbons (Fsp3) is 0.821. The summed E-state index contributed by atoms with van der Waals surface area (Å²) < 4.78 is 5.43. The van der Waals surface area contributed by atoms with Crippen LogP contribution in [-0.4, -0.2) is 52.6 Å². The number of amides is 3. The van der Waals surface area contributed by atoms with Crippen LogP contribution in [0.4, 0.5) is 0 Å². The lowest BCUT2D eigenvalue weighted by Crippen LogP contribution is -2.44. The standard InChI is InChI=1S/C28H48N2O6/c1-5-6-7-8-9-10-11-12-13-14-15-16-24(32)29-23(27(35)36-28(2,3)4)18-17-22(31)21-30-25(33)19-20-26(30)34/h23H,5-21H2,1-4H3,(H,29,32)/t23-/m0/s1. The molecular weight excluding hydrogens is 460 g/mol. The van der Waals surface area contributed by atoms with Crippen molar-refractivity contribution in [1.29, 1.82) is 0 Å². The fourth-order valence-corrected chi connectivity index (χ4v) is 4.20. The number of imide groups is 1. The van der Waals surface area contributed by atoms with E-state index in [4.69, 9.17) is 4.74 Å². The number of nitrogens with zero attached hydrogens (tertiary/aromatic N) is 1. The molecule has 1 rings (SSSR count). The Hall–Kier alpha value is -2.25. The first kappa shape index (κ1) is 31.8. The molecule has 8 nitrogen and oxygen atoms in total. The van der Waals surface area contributed by atoms with Crippen LogP contribution in [0.25, 0.3) is 0 Å². The molecule has 0 aromatic rings. The van der Waals surface area contributed by atoms with Crippen LogP contribution in [0.3, 0.4) is 0 Å². The summed E-state index contributed by atoms with van der Waals surface area (Å²) in [6.07, 6.45) is 13.7. The van der Waals surface area contributed by atoms with Gasteiger partial charge in [0.25, 0.3) is 0 Å². The molecule has 0 saturated carbocycles. The van der Waals surface area contributed by atoms with Gasteiger partial charge in [-0.3, -0.25) is 24.1 Å². The quantitative estimate of drug-likeness (QED) is 0.149. The van der Waals surface area contributed by atoms with E-state index in [9.17, 15) is 24.0 Å². The van der Waals surface area contributed by atoms with Gasteiger partial charge in [0.2, 0.25) is 17.7 Å². The Balaban J connectivity index is 2.38. The van der Waals surface area contributed by atoms with Crippen molar-refractivity contribution in [2.45, 2.75) is 142 Å². The van der Waals surface area contributed by atoms with E-state index in [1.807, 2.05) is 0 Å².